The summed E-state index contributed by atoms with van der Waals surface area (Å²) >= 11 is 0. The highest BCUT2D eigenvalue weighted by atomic mass is 19.1. The molecule has 180 valence electrons. The molecule has 35 heavy (non-hydrogen) atoms. The number of carbonyl (C=O) groups is 1. The van der Waals surface area contributed by atoms with Crippen LogP contribution >= 0.6 is 0 Å². The molecule has 5 rings (SSSR count). The first-order chi connectivity index (χ1) is 16.9. The van der Waals surface area contributed by atoms with E-state index in [1.54, 1.807) is 4.90 Å². The second-order valence-corrected chi connectivity index (χ2v) is 8.67. The van der Waals surface area contributed by atoms with Gasteiger partial charge in [-0.3, -0.25) is 0 Å². The normalized spacial score (nSPS) is 16.2. The molecule has 3 aromatic carbocycles. The summed E-state index contributed by atoms with van der Waals surface area (Å²) in [5.41, 5.74) is 0.179. The number of ether oxygens (including phenoxy) is 1. The van der Waals surface area contributed by atoms with Crippen molar-refractivity contribution in [1.29, 1.82) is 0 Å². The molecular formula is C27H21F4NO3. The van der Waals surface area contributed by atoms with Gasteiger partial charge in [-0.2, -0.15) is 0 Å². The first kappa shape index (κ1) is 23.0. The fraction of sp³-hybridized carbons (Fsp3) is 0.222. The third-order valence-electron chi connectivity index (χ3n) is 6.53. The molecule has 1 fully saturated rings. The van der Waals surface area contributed by atoms with E-state index in [4.69, 9.17) is 4.74 Å². The molecule has 1 N–H and O–H groups in total. The quantitative estimate of drug-likeness (QED) is 0.381. The second kappa shape index (κ2) is 9.09. The standard InChI is InChI=1S/C27H21F4NO3/c28-20-2-1-3-21(29)26(20)19-14-35-24-12-17(34)4-5-18(24)25(19)16-10-22(30)27(23(31)11-16)32-8-6-15(13-33)7-9-32/h1-5,10-13,15,34H,6-9,14H2. The molecule has 0 bridgehead atoms. The van der Waals surface area contributed by atoms with E-state index in [1.165, 1.54) is 24.3 Å². The zero-order valence-electron chi connectivity index (χ0n) is 18.5. The molecule has 2 aliphatic rings. The number of nitrogens with zero attached hydrogens (tertiary/aromatic N) is 1. The van der Waals surface area contributed by atoms with Crippen LogP contribution in [0.25, 0.3) is 11.1 Å². The van der Waals surface area contributed by atoms with Crippen LogP contribution in [0.4, 0.5) is 23.2 Å². The van der Waals surface area contributed by atoms with Gasteiger partial charge in [0.2, 0.25) is 0 Å². The highest BCUT2D eigenvalue weighted by Gasteiger charge is 2.29. The largest absolute Gasteiger partial charge is 0.508 e. The number of hydrogen-bond acceptors (Lipinski definition) is 4. The summed E-state index contributed by atoms with van der Waals surface area (Å²) in [5.74, 6) is -3.31. The number of carbonyl (C=O) groups excluding carboxylic acids is 1. The van der Waals surface area contributed by atoms with Gasteiger partial charge in [0.05, 0.1) is 5.56 Å². The molecule has 0 unspecified atom stereocenters. The maximum atomic E-state index is 15.4. The van der Waals surface area contributed by atoms with Gasteiger partial charge in [0, 0.05) is 41.8 Å². The van der Waals surface area contributed by atoms with E-state index < -0.39 is 23.3 Å². The van der Waals surface area contributed by atoms with Gasteiger partial charge in [0.1, 0.15) is 53.3 Å². The van der Waals surface area contributed by atoms with E-state index in [0.717, 1.165) is 30.6 Å². The van der Waals surface area contributed by atoms with Crippen LogP contribution in [0.15, 0.2) is 48.5 Å². The number of phenols is 1. The van der Waals surface area contributed by atoms with Crippen LogP contribution in [-0.4, -0.2) is 31.1 Å². The molecule has 2 aliphatic heterocycles. The van der Waals surface area contributed by atoms with Crippen molar-refractivity contribution in [3.05, 3.63) is 88.5 Å². The van der Waals surface area contributed by atoms with Crippen LogP contribution in [0, 0.1) is 29.2 Å². The number of rotatable bonds is 4. The minimum Gasteiger partial charge on any atom is -0.508 e. The SMILES string of the molecule is O=CC1CCN(c2c(F)cc(C3=C(c4c(F)cccc4F)COc4cc(O)ccc43)cc2F)CC1. The number of hydrogen-bond donors (Lipinski definition) is 1. The minimum atomic E-state index is -0.834. The van der Waals surface area contributed by atoms with Crippen molar-refractivity contribution in [2.45, 2.75) is 12.8 Å². The van der Waals surface area contributed by atoms with Crippen LogP contribution in [-0.2, 0) is 4.79 Å². The average Bonchev–Trinajstić information content (AvgIpc) is 2.83. The molecule has 2 heterocycles. The summed E-state index contributed by atoms with van der Waals surface area (Å²) in [5, 5.41) is 9.86. The van der Waals surface area contributed by atoms with Gasteiger partial charge >= 0.3 is 0 Å². The number of phenolic OH excluding ortho intramolecular Hbond substituents is 1. The number of fused-ring (bicyclic) bond motifs is 1. The first-order valence-electron chi connectivity index (χ1n) is 11.2. The van der Waals surface area contributed by atoms with Crippen molar-refractivity contribution < 1.29 is 32.2 Å². The Morgan fingerprint density at radius 1 is 0.914 bits per heavy atom. The summed E-state index contributed by atoms with van der Waals surface area (Å²) in [7, 11) is 0. The van der Waals surface area contributed by atoms with E-state index in [0.29, 0.717) is 31.5 Å². The Labute approximate surface area is 199 Å². The first-order valence-corrected chi connectivity index (χ1v) is 11.2. The van der Waals surface area contributed by atoms with Gasteiger partial charge in [-0.15, -0.1) is 0 Å². The molecule has 0 saturated carbocycles. The predicted octanol–water partition coefficient (Wildman–Crippen LogP) is 5.72. The maximum absolute atomic E-state index is 15.4. The minimum absolute atomic E-state index is 0.0828. The van der Waals surface area contributed by atoms with Gasteiger partial charge in [-0.1, -0.05) is 6.07 Å². The molecule has 0 spiro atoms. The molecule has 1 saturated heterocycles. The van der Waals surface area contributed by atoms with Gasteiger partial charge in [0.25, 0.3) is 0 Å². The number of aldehydes is 1. The summed E-state index contributed by atoms with van der Waals surface area (Å²) in [6, 6.07) is 9.88. The lowest BCUT2D eigenvalue weighted by atomic mass is 9.87. The second-order valence-electron chi connectivity index (χ2n) is 8.67. The topological polar surface area (TPSA) is 49.8 Å². The van der Waals surface area contributed by atoms with E-state index in [-0.39, 0.29) is 52.0 Å². The van der Waals surface area contributed by atoms with E-state index in [9.17, 15) is 18.7 Å². The summed E-state index contributed by atoms with van der Waals surface area (Å²) in [4.78, 5) is 12.6. The lowest BCUT2D eigenvalue weighted by Crippen LogP contribution is -2.35. The third-order valence-corrected chi connectivity index (χ3v) is 6.53. The lowest BCUT2D eigenvalue weighted by Gasteiger charge is -2.32. The van der Waals surface area contributed by atoms with Crippen LogP contribution in [0.2, 0.25) is 0 Å². The predicted molar refractivity (Wildman–Crippen MR) is 123 cm³/mol. The van der Waals surface area contributed by atoms with Gasteiger partial charge in [-0.25, -0.2) is 17.6 Å². The van der Waals surface area contributed by atoms with Crippen LogP contribution in [0.5, 0.6) is 11.5 Å². The lowest BCUT2D eigenvalue weighted by molar-refractivity contribution is -0.111. The Hall–Kier alpha value is -3.81. The number of anilines is 1. The van der Waals surface area contributed by atoms with Crippen molar-refractivity contribution in [2.24, 2.45) is 5.92 Å². The Morgan fingerprint density at radius 2 is 1.57 bits per heavy atom. The Balaban J connectivity index is 1.68. The number of aromatic hydroxyl groups is 1. The smallest absolute Gasteiger partial charge is 0.150 e. The van der Waals surface area contributed by atoms with Crippen LogP contribution in [0.3, 0.4) is 0 Å². The van der Waals surface area contributed by atoms with Crippen LogP contribution in [0.1, 0.15) is 29.5 Å². The van der Waals surface area contributed by atoms with Crippen molar-refractivity contribution in [3.63, 3.8) is 0 Å². The van der Waals surface area contributed by atoms with Gasteiger partial charge in [-0.05, 0) is 54.8 Å². The summed E-state index contributed by atoms with van der Waals surface area (Å²) < 4.78 is 65.9. The molecule has 8 heteroatoms. The maximum Gasteiger partial charge on any atom is 0.150 e. The number of piperidine rings is 1. The van der Waals surface area contributed by atoms with E-state index in [1.807, 2.05) is 0 Å². The van der Waals surface area contributed by atoms with Gasteiger partial charge < -0.3 is 19.5 Å². The number of benzene rings is 3. The highest BCUT2D eigenvalue weighted by Crippen LogP contribution is 2.44. The van der Waals surface area contributed by atoms with Gasteiger partial charge in [0.15, 0.2) is 0 Å². The molecule has 3 aromatic rings. The average molecular weight is 483 g/mol. The summed E-state index contributed by atoms with van der Waals surface area (Å²) in [6.07, 6.45) is 1.86. The molecule has 0 atom stereocenters. The fourth-order valence-corrected chi connectivity index (χ4v) is 4.81. The van der Waals surface area contributed by atoms with Crippen LogP contribution < -0.4 is 9.64 Å². The van der Waals surface area contributed by atoms with Crippen molar-refractivity contribution in [3.8, 4) is 11.5 Å². The van der Waals surface area contributed by atoms with E-state index >= 15 is 8.78 Å². The molecule has 0 aromatic heterocycles. The Morgan fingerprint density at radius 3 is 2.20 bits per heavy atom. The highest BCUT2D eigenvalue weighted by molar-refractivity contribution is 6.02. The monoisotopic (exact) mass is 483 g/mol. The van der Waals surface area contributed by atoms with Crippen molar-refractivity contribution in [2.75, 3.05) is 24.6 Å². The molecule has 4 nitrogen and oxygen atoms in total. The molecular weight excluding hydrogens is 462 g/mol. The molecule has 0 aliphatic carbocycles. The zero-order chi connectivity index (χ0) is 24.7. The molecule has 0 amide bonds. The summed E-state index contributed by atoms with van der Waals surface area (Å²) in [6.45, 7) is 0.399. The fourth-order valence-electron chi connectivity index (χ4n) is 4.81. The van der Waals surface area contributed by atoms with E-state index in [2.05, 4.69) is 0 Å². The molecule has 0 radical (unpaired) electrons. The Bertz CT molecular complexity index is 1300. The van der Waals surface area contributed by atoms with Crippen molar-refractivity contribution >= 4 is 23.1 Å². The third kappa shape index (κ3) is 4.13. The zero-order valence-corrected chi connectivity index (χ0v) is 18.5. The Kier molecular flexibility index (Phi) is 5.96. The van der Waals surface area contributed by atoms with Crippen molar-refractivity contribution in [1.82, 2.24) is 0 Å². The number of halogens is 4.